The highest BCUT2D eigenvalue weighted by molar-refractivity contribution is 7.36. The monoisotopic (exact) mass is 823 g/mol. The number of rotatable bonds is 5. The Balaban J connectivity index is 1.41. The molecule has 304 valence electrons. The fraction of sp³-hybridized carbons (Fsp3) is 0.296. The number of nitrogens with zero attached hydrogens (tertiary/aromatic N) is 3. The summed E-state index contributed by atoms with van der Waals surface area (Å²) < 4.78 is 2.85. The molecule has 0 atom stereocenters. The van der Waals surface area contributed by atoms with Gasteiger partial charge in [-0.3, -0.25) is 0 Å². The van der Waals surface area contributed by atoms with E-state index >= 15 is 0 Å². The Morgan fingerprint density at radius 1 is 0.400 bits per heavy atom. The predicted molar refractivity (Wildman–Crippen MR) is 266 cm³/mol. The van der Waals surface area contributed by atoms with E-state index in [2.05, 4.69) is 231 Å². The number of anilines is 9. The Hall–Kier alpha value is -5.04. The average molecular weight is 824 g/mol. The van der Waals surface area contributed by atoms with Crippen LogP contribution in [0, 0.1) is 0 Å². The van der Waals surface area contributed by atoms with Gasteiger partial charge < -0.3 is 14.7 Å². The SMILES string of the molecule is CC(C)(C)c1ccc(N2c3cc(C(C)(C)C)sc3B3c4sc(C(C)(C)C)cc4N(c4ccc(C(C)(C)C)cc4)c4cc(N(c5ccccc5)c5ccccc5)cc2c43)cc1. The van der Waals surface area contributed by atoms with Crippen molar-refractivity contribution < 1.29 is 0 Å². The number of fused-ring (bicyclic) bond motifs is 4. The third-order valence-electron chi connectivity index (χ3n) is 12.1. The zero-order chi connectivity index (χ0) is 42.5. The van der Waals surface area contributed by atoms with Gasteiger partial charge in [-0.1, -0.05) is 144 Å². The summed E-state index contributed by atoms with van der Waals surface area (Å²) >= 11 is 4.02. The minimum atomic E-state index is -0.00822. The van der Waals surface area contributed by atoms with E-state index in [1.165, 1.54) is 70.0 Å². The zero-order valence-electron chi connectivity index (χ0n) is 37.4. The van der Waals surface area contributed by atoms with Gasteiger partial charge in [0.15, 0.2) is 0 Å². The van der Waals surface area contributed by atoms with Gasteiger partial charge in [-0.25, -0.2) is 0 Å². The van der Waals surface area contributed by atoms with Crippen LogP contribution in [0.4, 0.5) is 51.2 Å². The summed E-state index contributed by atoms with van der Waals surface area (Å²) in [7, 11) is 0. The van der Waals surface area contributed by atoms with E-state index in [1.54, 1.807) is 0 Å². The molecule has 0 spiro atoms. The zero-order valence-corrected chi connectivity index (χ0v) is 39.1. The molecule has 2 aliphatic heterocycles. The van der Waals surface area contributed by atoms with Crippen molar-refractivity contribution in [2.45, 2.75) is 105 Å². The van der Waals surface area contributed by atoms with Gasteiger partial charge in [0.05, 0.1) is 17.1 Å². The highest BCUT2D eigenvalue weighted by Crippen LogP contribution is 2.51. The van der Waals surface area contributed by atoms with Crippen molar-refractivity contribution in [1.82, 2.24) is 0 Å². The first-order valence-corrected chi connectivity index (χ1v) is 23.1. The summed E-state index contributed by atoms with van der Waals surface area (Å²) in [6.45, 7) is 28.1. The van der Waals surface area contributed by atoms with Gasteiger partial charge in [0.2, 0.25) is 0 Å². The van der Waals surface area contributed by atoms with Crippen LogP contribution in [-0.4, -0.2) is 6.71 Å². The summed E-state index contributed by atoms with van der Waals surface area (Å²) in [5.41, 5.74) is 14.9. The van der Waals surface area contributed by atoms with Crippen LogP contribution in [0.5, 0.6) is 0 Å². The molecule has 0 fully saturated rings. The van der Waals surface area contributed by atoms with Gasteiger partial charge in [-0.2, -0.15) is 22.7 Å². The third-order valence-corrected chi connectivity index (χ3v) is 15.4. The van der Waals surface area contributed by atoms with Crippen molar-refractivity contribution in [2.75, 3.05) is 14.7 Å². The van der Waals surface area contributed by atoms with Crippen LogP contribution in [0.3, 0.4) is 0 Å². The molecule has 0 N–H and O–H groups in total. The maximum absolute atomic E-state index is 2.59. The second-order valence-electron chi connectivity index (χ2n) is 20.8. The Bertz CT molecular complexity index is 2500. The van der Waals surface area contributed by atoms with Crippen LogP contribution >= 0.6 is 22.7 Å². The lowest BCUT2D eigenvalue weighted by Gasteiger charge is -2.43. The lowest BCUT2D eigenvalue weighted by Crippen LogP contribution is -2.59. The van der Waals surface area contributed by atoms with Crippen LogP contribution in [0.15, 0.2) is 133 Å². The molecular formula is C54H58BN3S2. The number of para-hydroxylation sites is 2. The largest absolute Gasteiger partial charge is 0.311 e. The Morgan fingerprint density at radius 3 is 1.10 bits per heavy atom. The highest BCUT2D eigenvalue weighted by atomic mass is 32.1. The van der Waals surface area contributed by atoms with Gasteiger partial charge >= 0.3 is 0 Å². The van der Waals surface area contributed by atoms with Crippen LogP contribution in [0.2, 0.25) is 0 Å². The normalized spacial score (nSPS) is 13.9. The van der Waals surface area contributed by atoms with Crippen LogP contribution < -0.4 is 29.7 Å². The van der Waals surface area contributed by atoms with Gasteiger partial charge in [0, 0.05) is 53.4 Å². The van der Waals surface area contributed by atoms with Crippen molar-refractivity contribution >= 4 is 95.6 Å². The van der Waals surface area contributed by atoms with Gasteiger partial charge in [-0.05, 0) is 111 Å². The molecule has 6 heteroatoms. The summed E-state index contributed by atoms with van der Waals surface area (Å²) in [5.74, 6) is 0. The summed E-state index contributed by atoms with van der Waals surface area (Å²) in [6, 6.07) is 50.4. The Morgan fingerprint density at radius 2 is 0.767 bits per heavy atom. The lowest BCUT2D eigenvalue weighted by atomic mass is 9.39. The standard InChI is InChI=1S/C54H58BN3S2/c1-51(2,3)35-23-27-39(28-24-35)57-42-31-41(56(37-19-15-13-16-20-37)38-21-17-14-18-22-38)32-43-48(42)55(49-44(57)33-46(59-49)53(7,8)9)50-45(34-47(60-50)54(10,11)12)58(43)40-29-25-36(26-30-40)52(4,5)6/h13-34H,1-12H3. The quantitative estimate of drug-likeness (QED) is 0.160. The van der Waals surface area contributed by atoms with E-state index in [1.807, 2.05) is 22.7 Å². The number of hydrogen-bond donors (Lipinski definition) is 0. The molecule has 5 aromatic carbocycles. The van der Waals surface area contributed by atoms with E-state index in [-0.39, 0.29) is 28.4 Å². The van der Waals surface area contributed by atoms with Gasteiger partial charge in [-0.15, -0.1) is 0 Å². The summed E-state index contributed by atoms with van der Waals surface area (Å²) in [6.07, 6.45) is 0. The predicted octanol–water partition coefficient (Wildman–Crippen LogP) is 14.6. The second kappa shape index (κ2) is 14.3. The molecule has 0 saturated heterocycles. The minimum absolute atomic E-state index is 0.00822. The molecular weight excluding hydrogens is 766 g/mol. The van der Waals surface area contributed by atoms with Crippen LogP contribution in [0.1, 0.15) is 104 Å². The van der Waals surface area contributed by atoms with Crippen LogP contribution in [0.25, 0.3) is 0 Å². The first-order valence-electron chi connectivity index (χ1n) is 21.5. The Kier molecular flexibility index (Phi) is 9.61. The lowest BCUT2D eigenvalue weighted by molar-refractivity contribution is 0.590. The number of hydrogen-bond acceptors (Lipinski definition) is 5. The van der Waals surface area contributed by atoms with E-state index in [0.29, 0.717) is 0 Å². The molecule has 0 amide bonds. The molecule has 9 rings (SSSR count). The van der Waals surface area contributed by atoms with Crippen molar-refractivity contribution in [3.63, 3.8) is 0 Å². The molecule has 0 saturated carbocycles. The molecule has 2 aromatic heterocycles. The molecule has 2 aliphatic rings. The van der Waals surface area contributed by atoms with E-state index < -0.39 is 0 Å². The van der Waals surface area contributed by atoms with E-state index in [9.17, 15) is 0 Å². The first-order chi connectivity index (χ1) is 28.3. The van der Waals surface area contributed by atoms with Crippen LogP contribution in [-0.2, 0) is 21.7 Å². The highest BCUT2D eigenvalue weighted by Gasteiger charge is 2.47. The maximum atomic E-state index is 2.59. The Labute approximate surface area is 367 Å². The molecule has 0 bridgehead atoms. The second-order valence-corrected chi connectivity index (χ2v) is 23.0. The fourth-order valence-electron chi connectivity index (χ4n) is 8.72. The van der Waals surface area contributed by atoms with Crippen molar-refractivity contribution in [1.29, 1.82) is 0 Å². The molecule has 7 aromatic rings. The summed E-state index contributed by atoms with van der Waals surface area (Å²) in [5, 5.41) is 0. The number of thiophene rings is 2. The van der Waals surface area contributed by atoms with Gasteiger partial charge in [0.1, 0.15) is 0 Å². The van der Waals surface area contributed by atoms with Gasteiger partial charge in [0.25, 0.3) is 6.71 Å². The molecule has 60 heavy (non-hydrogen) atoms. The van der Waals surface area contributed by atoms with Crippen molar-refractivity contribution in [3.05, 3.63) is 154 Å². The maximum Gasteiger partial charge on any atom is 0.277 e. The van der Waals surface area contributed by atoms with Crippen molar-refractivity contribution in [3.8, 4) is 0 Å². The third kappa shape index (κ3) is 7.00. The topological polar surface area (TPSA) is 9.72 Å². The first kappa shape index (κ1) is 40.4. The fourth-order valence-corrected chi connectivity index (χ4v) is 11.4. The van der Waals surface area contributed by atoms with E-state index in [0.717, 1.165) is 17.1 Å². The summed E-state index contributed by atoms with van der Waals surface area (Å²) in [4.78, 5) is 10.4. The van der Waals surface area contributed by atoms with E-state index in [4.69, 9.17) is 0 Å². The molecule has 0 radical (unpaired) electrons. The average Bonchev–Trinajstić information content (AvgIpc) is 3.85. The van der Waals surface area contributed by atoms with Crippen molar-refractivity contribution in [2.24, 2.45) is 0 Å². The molecule has 4 heterocycles. The molecule has 3 nitrogen and oxygen atoms in total. The molecule has 0 unspecified atom stereocenters. The molecule has 0 aliphatic carbocycles. The number of benzene rings is 5. The minimum Gasteiger partial charge on any atom is -0.311 e. The smallest absolute Gasteiger partial charge is 0.277 e.